The van der Waals surface area contributed by atoms with Gasteiger partial charge in [0.05, 0.1) is 0 Å². The maximum absolute atomic E-state index is 13.1. The van der Waals surface area contributed by atoms with Gasteiger partial charge in [0.2, 0.25) is 11.8 Å². The second-order valence-electron chi connectivity index (χ2n) is 8.50. The van der Waals surface area contributed by atoms with Crippen molar-refractivity contribution in [2.75, 3.05) is 26.2 Å². The van der Waals surface area contributed by atoms with Crippen molar-refractivity contribution in [3.8, 4) is 0 Å². The number of benzene rings is 2. The monoisotopic (exact) mass is 378 g/mol. The Morgan fingerprint density at radius 3 is 1.64 bits per heavy atom. The number of carbonyl (C=O) groups excluding carboxylic acids is 2. The molecule has 148 valence electrons. The van der Waals surface area contributed by atoms with Gasteiger partial charge in [0.15, 0.2) is 0 Å². The molecule has 2 amide bonds. The van der Waals surface area contributed by atoms with Gasteiger partial charge in [-0.15, -0.1) is 0 Å². The van der Waals surface area contributed by atoms with Gasteiger partial charge in [-0.25, -0.2) is 0 Å². The molecule has 0 radical (unpaired) electrons. The minimum Gasteiger partial charge on any atom is -0.339 e. The molecule has 0 aromatic heterocycles. The Hall–Kier alpha value is -2.62. The number of hydrogen-bond acceptors (Lipinski definition) is 2. The first kappa shape index (κ1) is 20.1. The normalized spacial score (nSPS) is 15.0. The summed E-state index contributed by atoms with van der Waals surface area (Å²) in [5.74, 6) is 0.357. The van der Waals surface area contributed by atoms with E-state index in [1.165, 1.54) is 0 Å². The third-order valence-corrected chi connectivity index (χ3v) is 5.34. The molecule has 0 unspecified atom stereocenters. The molecule has 0 N–H and O–H groups in total. The predicted octanol–water partition coefficient (Wildman–Crippen LogP) is 3.93. The lowest BCUT2D eigenvalue weighted by Gasteiger charge is -2.38. The van der Waals surface area contributed by atoms with E-state index in [-0.39, 0.29) is 23.1 Å². The van der Waals surface area contributed by atoms with Crippen LogP contribution in [0, 0.1) is 5.41 Å². The van der Waals surface area contributed by atoms with Gasteiger partial charge in [0, 0.05) is 43.9 Å². The van der Waals surface area contributed by atoms with E-state index >= 15 is 0 Å². The average Bonchev–Trinajstić information content (AvgIpc) is 2.72. The number of hydrogen-bond donors (Lipinski definition) is 0. The molecule has 4 nitrogen and oxygen atoms in total. The molecule has 0 spiro atoms. The fraction of sp³-hybridized carbons (Fsp3) is 0.417. The Bertz CT molecular complexity index is 749. The summed E-state index contributed by atoms with van der Waals surface area (Å²) in [4.78, 5) is 29.3. The summed E-state index contributed by atoms with van der Waals surface area (Å²) in [6.45, 7) is 8.27. The van der Waals surface area contributed by atoms with Crippen molar-refractivity contribution in [2.24, 2.45) is 5.41 Å². The number of amides is 2. The molecule has 4 heteroatoms. The van der Waals surface area contributed by atoms with Gasteiger partial charge in [-0.05, 0) is 11.1 Å². The molecule has 3 rings (SSSR count). The standard InChI is InChI=1S/C24H30N2O2/c1-24(2,3)23(28)26-16-14-25(15-17-26)22(27)18-21(19-10-6-4-7-11-19)20-12-8-5-9-13-20/h4-13,21H,14-18H2,1-3H3. The second kappa shape index (κ2) is 8.59. The molecule has 2 aromatic rings. The molecular formula is C24H30N2O2. The van der Waals surface area contributed by atoms with Crippen LogP contribution in [-0.4, -0.2) is 47.8 Å². The van der Waals surface area contributed by atoms with Gasteiger partial charge < -0.3 is 9.80 Å². The van der Waals surface area contributed by atoms with Crippen LogP contribution in [0.1, 0.15) is 44.2 Å². The Balaban J connectivity index is 1.68. The summed E-state index contributed by atoms with van der Waals surface area (Å²) in [6.07, 6.45) is 0.446. The van der Waals surface area contributed by atoms with Crippen molar-refractivity contribution in [3.63, 3.8) is 0 Å². The maximum atomic E-state index is 13.1. The number of carbonyl (C=O) groups is 2. The van der Waals surface area contributed by atoms with Crippen molar-refractivity contribution in [1.82, 2.24) is 9.80 Å². The minimum absolute atomic E-state index is 0.0455. The van der Waals surface area contributed by atoms with Crippen LogP contribution in [0.2, 0.25) is 0 Å². The van der Waals surface area contributed by atoms with Gasteiger partial charge in [-0.3, -0.25) is 9.59 Å². The average molecular weight is 379 g/mol. The Morgan fingerprint density at radius 1 is 0.786 bits per heavy atom. The van der Waals surface area contributed by atoms with E-state index in [1.54, 1.807) is 0 Å². The molecule has 2 aromatic carbocycles. The van der Waals surface area contributed by atoms with E-state index in [9.17, 15) is 9.59 Å². The first-order valence-electron chi connectivity index (χ1n) is 10.0. The van der Waals surface area contributed by atoms with Gasteiger partial charge >= 0.3 is 0 Å². The van der Waals surface area contributed by atoms with E-state index < -0.39 is 0 Å². The number of nitrogens with zero attached hydrogens (tertiary/aromatic N) is 2. The lowest BCUT2D eigenvalue weighted by atomic mass is 9.88. The molecule has 1 heterocycles. The molecule has 0 saturated carbocycles. The smallest absolute Gasteiger partial charge is 0.228 e. The van der Waals surface area contributed by atoms with Crippen LogP contribution >= 0.6 is 0 Å². The van der Waals surface area contributed by atoms with E-state index in [4.69, 9.17) is 0 Å². The van der Waals surface area contributed by atoms with Crippen LogP contribution in [0.4, 0.5) is 0 Å². The summed E-state index contributed by atoms with van der Waals surface area (Å²) < 4.78 is 0. The van der Waals surface area contributed by atoms with Gasteiger partial charge in [-0.2, -0.15) is 0 Å². The first-order valence-corrected chi connectivity index (χ1v) is 10.0. The van der Waals surface area contributed by atoms with Crippen LogP contribution < -0.4 is 0 Å². The Morgan fingerprint density at radius 2 is 1.21 bits per heavy atom. The molecule has 1 fully saturated rings. The molecular weight excluding hydrogens is 348 g/mol. The predicted molar refractivity (Wildman–Crippen MR) is 112 cm³/mol. The lowest BCUT2D eigenvalue weighted by molar-refractivity contribution is -0.145. The topological polar surface area (TPSA) is 40.6 Å². The SMILES string of the molecule is CC(C)(C)C(=O)N1CCN(C(=O)CC(c2ccccc2)c2ccccc2)CC1. The summed E-state index contributed by atoms with van der Waals surface area (Å²) >= 11 is 0. The largest absolute Gasteiger partial charge is 0.339 e. The van der Waals surface area contributed by atoms with E-state index in [2.05, 4.69) is 24.3 Å². The summed E-state index contributed by atoms with van der Waals surface area (Å²) in [5, 5.41) is 0. The zero-order chi connectivity index (χ0) is 20.1. The first-order chi connectivity index (χ1) is 13.4. The highest BCUT2D eigenvalue weighted by atomic mass is 16.2. The fourth-order valence-corrected chi connectivity index (χ4v) is 3.74. The summed E-state index contributed by atoms with van der Waals surface area (Å²) in [5.41, 5.74) is 1.94. The molecule has 1 aliphatic rings. The Kier molecular flexibility index (Phi) is 6.18. The van der Waals surface area contributed by atoms with E-state index in [1.807, 2.05) is 67.0 Å². The second-order valence-corrected chi connectivity index (χ2v) is 8.50. The quantitative estimate of drug-likeness (QED) is 0.809. The molecule has 1 saturated heterocycles. The van der Waals surface area contributed by atoms with Crippen molar-refractivity contribution >= 4 is 11.8 Å². The van der Waals surface area contributed by atoms with Crippen LogP contribution in [0.5, 0.6) is 0 Å². The zero-order valence-corrected chi connectivity index (χ0v) is 17.1. The Labute approximate surface area is 168 Å². The maximum Gasteiger partial charge on any atom is 0.228 e. The third-order valence-electron chi connectivity index (χ3n) is 5.34. The highest BCUT2D eigenvalue weighted by Gasteiger charge is 2.31. The third kappa shape index (κ3) is 4.80. The molecule has 1 aliphatic heterocycles. The van der Waals surface area contributed by atoms with Crippen LogP contribution in [0.25, 0.3) is 0 Å². The van der Waals surface area contributed by atoms with Crippen LogP contribution in [0.15, 0.2) is 60.7 Å². The highest BCUT2D eigenvalue weighted by Crippen LogP contribution is 2.29. The molecule has 0 aliphatic carbocycles. The summed E-state index contributed by atoms with van der Waals surface area (Å²) in [7, 11) is 0. The van der Waals surface area contributed by atoms with Gasteiger partial charge in [0.1, 0.15) is 0 Å². The fourth-order valence-electron chi connectivity index (χ4n) is 3.74. The van der Waals surface area contributed by atoms with Gasteiger partial charge in [-0.1, -0.05) is 81.4 Å². The van der Waals surface area contributed by atoms with Crippen LogP contribution in [-0.2, 0) is 9.59 Å². The lowest BCUT2D eigenvalue weighted by Crippen LogP contribution is -2.53. The minimum atomic E-state index is -0.377. The van der Waals surface area contributed by atoms with Crippen LogP contribution in [0.3, 0.4) is 0 Å². The highest BCUT2D eigenvalue weighted by molar-refractivity contribution is 5.82. The number of rotatable bonds is 4. The molecule has 0 atom stereocenters. The van der Waals surface area contributed by atoms with Crippen molar-refractivity contribution < 1.29 is 9.59 Å². The van der Waals surface area contributed by atoms with Gasteiger partial charge in [0.25, 0.3) is 0 Å². The van der Waals surface area contributed by atoms with Crippen molar-refractivity contribution in [3.05, 3.63) is 71.8 Å². The van der Waals surface area contributed by atoms with E-state index in [0.717, 1.165) is 11.1 Å². The molecule has 0 bridgehead atoms. The zero-order valence-electron chi connectivity index (χ0n) is 17.1. The number of piperazine rings is 1. The summed E-state index contributed by atoms with van der Waals surface area (Å²) in [6, 6.07) is 20.4. The molecule has 28 heavy (non-hydrogen) atoms. The van der Waals surface area contributed by atoms with E-state index in [0.29, 0.717) is 32.6 Å². The van der Waals surface area contributed by atoms with Crippen molar-refractivity contribution in [1.29, 1.82) is 0 Å². The van der Waals surface area contributed by atoms with Crippen molar-refractivity contribution in [2.45, 2.75) is 33.1 Å².